The van der Waals surface area contributed by atoms with Crippen LogP contribution in [0.1, 0.15) is 43.9 Å². The van der Waals surface area contributed by atoms with Crippen LogP contribution in [0.5, 0.6) is 0 Å². The van der Waals surface area contributed by atoms with Gasteiger partial charge in [0, 0.05) is 12.6 Å². The Morgan fingerprint density at radius 2 is 1.67 bits per heavy atom. The number of hydrogen-bond acceptors (Lipinski definition) is 2. The van der Waals surface area contributed by atoms with E-state index in [1.165, 1.54) is 0 Å². The lowest BCUT2D eigenvalue weighted by Gasteiger charge is -2.30. The summed E-state index contributed by atoms with van der Waals surface area (Å²) in [5.74, 6) is -0.158. The second-order valence-electron chi connectivity index (χ2n) is 7.17. The number of carbonyl (C=O) groups excluding carboxylic acids is 2. The Hall–Kier alpha value is -2.62. The van der Waals surface area contributed by atoms with Crippen molar-refractivity contribution in [2.75, 3.05) is 0 Å². The molecule has 0 fully saturated rings. The lowest BCUT2D eigenvalue weighted by molar-refractivity contribution is -0.140. The molecule has 2 aromatic rings. The van der Waals surface area contributed by atoms with Crippen molar-refractivity contribution in [3.63, 3.8) is 0 Å². The molecule has 0 saturated carbocycles. The van der Waals surface area contributed by atoms with Crippen molar-refractivity contribution in [2.45, 2.75) is 59.2 Å². The number of rotatable bonds is 8. The fourth-order valence-electron chi connectivity index (χ4n) is 2.93. The van der Waals surface area contributed by atoms with E-state index in [0.29, 0.717) is 6.54 Å². The molecule has 2 amide bonds. The predicted octanol–water partition coefficient (Wildman–Crippen LogP) is 3.87. The van der Waals surface area contributed by atoms with Gasteiger partial charge in [-0.25, -0.2) is 0 Å². The van der Waals surface area contributed by atoms with Gasteiger partial charge in [-0.3, -0.25) is 9.59 Å². The second-order valence-corrected chi connectivity index (χ2v) is 7.17. The van der Waals surface area contributed by atoms with E-state index in [-0.39, 0.29) is 24.3 Å². The topological polar surface area (TPSA) is 49.4 Å². The van der Waals surface area contributed by atoms with E-state index >= 15 is 0 Å². The van der Waals surface area contributed by atoms with Gasteiger partial charge >= 0.3 is 0 Å². The van der Waals surface area contributed by atoms with Gasteiger partial charge < -0.3 is 10.2 Å². The maximum Gasteiger partial charge on any atom is 0.242 e. The average molecular weight is 367 g/mol. The molecule has 2 aromatic carbocycles. The molecule has 27 heavy (non-hydrogen) atoms. The van der Waals surface area contributed by atoms with Gasteiger partial charge in [-0.2, -0.15) is 0 Å². The first kappa shape index (κ1) is 20.7. The Kier molecular flexibility index (Phi) is 7.59. The van der Waals surface area contributed by atoms with Crippen LogP contribution >= 0.6 is 0 Å². The first-order valence-electron chi connectivity index (χ1n) is 9.60. The first-order chi connectivity index (χ1) is 12.9. The molecular weight excluding hydrogens is 336 g/mol. The molecule has 144 valence electrons. The molecule has 0 aliphatic carbocycles. The Bertz CT molecular complexity index is 758. The van der Waals surface area contributed by atoms with Gasteiger partial charge in [0.05, 0.1) is 6.42 Å². The fourth-order valence-corrected chi connectivity index (χ4v) is 2.93. The minimum Gasteiger partial charge on any atom is -0.352 e. The molecule has 4 heteroatoms. The van der Waals surface area contributed by atoms with E-state index in [4.69, 9.17) is 0 Å². The van der Waals surface area contributed by atoms with Crippen LogP contribution in [0.25, 0.3) is 0 Å². The minimum absolute atomic E-state index is 0.0451. The summed E-state index contributed by atoms with van der Waals surface area (Å²) in [6.07, 6.45) is 1.14. The number of amides is 2. The van der Waals surface area contributed by atoms with Crippen molar-refractivity contribution in [3.8, 4) is 0 Å². The van der Waals surface area contributed by atoms with E-state index < -0.39 is 6.04 Å². The maximum absolute atomic E-state index is 13.1. The third kappa shape index (κ3) is 6.24. The summed E-state index contributed by atoms with van der Waals surface area (Å²) in [5.41, 5.74) is 3.10. The number of nitrogens with zero attached hydrogens (tertiary/aromatic N) is 1. The summed E-state index contributed by atoms with van der Waals surface area (Å²) in [7, 11) is 0. The monoisotopic (exact) mass is 366 g/mol. The van der Waals surface area contributed by atoms with Gasteiger partial charge in [0.25, 0.3) is 0 Å². The van der Waals surface area contributed by atoms with E-state index in [1.54, 1.807) is 11.8 Å². The summed E-state index contributed by atoms with van der Waals surface area (Å²) >= 11 is 0. The molecule has 0 spiro atoms. The molecule has 0 unspecified atom stereocenters. The summed E-state index contributed by atoms with van der Waals surface area (Å²) in [6, 6.07) is 17.3. The molecule has 2 atom stereocenters. The smallest absolute Gasteiger partial charge is 0.242 e. The minimum atomic E-state index is -0.531. The zero-order valence-electron chi connectivity index (χ0n) is 16.7. The van der Waals surface area contributed by atoms with Crippen LogP contribution in [-0.2, 0) is 22.6 Å². The zero-order valence-corrected chi connectivity index (χ0v) is 16.7. The number of aryl methyl sites for hydroxylation is 1. The van der Waals surface area contributed by atoms with Crippen LogP contribution in [0.3, 0.4) is 0 Å². The third-order valence-corrected chi connectivity index (χ3v) is 4.80. The number of hydrogen-bond donors (Lipinski definition) is 1. The standard InChI is InChI=1S/C23H30N2O2/c1-5-18(3)24-23(27)19(4)25(16-20-11-7-6-8-12-20)22(26)15-21-13-9-10-17(2)14-21/h6-14,18-19H,5,15-16H2,1-4H3,(H,24,27)/t18-,19+/m0/s1. The molecule has 0 bridgehead atoms. The molecule has 1 N–H and O–H groups in total. The van der Waals surface area contributed by atoms with Crippen LogP contribution in [0.15, 0.2) is 54.6 Å². The SMILES string of the molecule is CC[C@H](C)NC(=O)[C@@H](C)N(Cc1ccccc1)C(=O)Cc1cccc(C)c1. The average Bonchev–Trinajstić information content (AvgIpc) is 2.66. The van der Waals surface area contributed by atoms with Crippen molar-refractivity contribution in [1.82, 2.24) is 10.2 Å². The quantitative estimate of drug-likeness (QED) is 0.771. The Balaban J connectivity index is 2.20. The Morgan fingerprint density at radius 1 is 1.00 bits per heavy atom. The molecule has 4 nitrogen and oxygen atoms in total. The lowest BCUT2D eigenvalue weighted by Crippen LogP contribution is -2.49. The van der Waals surface area contributed by atoms with Crippen LogP contribution < -0.4 is 5.32 Å². The normalized spacial score (nSPS) is 12.9. The van der Waals surface area contributed by atoms with Gasteiger partial charge in [-0.1, -0.05) is 67.1 Å². The molecule has 2 rings (SSSR count). The van der Waals surface area contributed by atoms with Crippen molar-refractivity contribution in [2.24, 2.45) is 0 Å². The Morgan fingerprint density at radius 3 is 2.30 bits per heavy atom. The van der Waals surface area contributed by atoms with E-state index in [1.807, 2.05) is 75.4 Å². The molecule has 0 aromatic heterocycles. The number of nitrogens with one attached hydrogen (secondary N) is 1. The highest BCUT2D eigenvalue weighted by Gasteiger charge is 2.26. The highest BCUT2D eigenvalue weighted by Crippen LogP contribution is 2.13. The van der Waals surface area contributed by atoms with Crippen LogP contribution in [0, 0.1) is 6.92 Å². The molecule has 0 aliphatic rings. The van der Waals surface area contributed by atoms with Crippen molar-refractivity contribution < 1.29 is 9.59 Å². The van der Waals surface area contributed by atoms with E-state index in [0.717, 1.165) is 23.1 Å². The number of benzene rings is 2. The van der Waals surface area contributed by atoms with Gasteiger partial charge in [-0.15, -0.1) is 0 Å². The van der Waals surface area contributed by atoms with Crippen LogP contribution in [0.4, 0.5) is 0 Å². The van der Waals surface area contributed by atoms with Crippen molar-refractivity contribution in [1.29, 1.82) is 0 Å². The number of carbonyl (C=O) groups is 2. The fraction of sp³-hybridized carbons (Fsp3) is 0.391. The second kappa shape index (κ2) is 9.91. The van der Waals surface area contributed by atoms with Gasteiger partial charge in [0.2, 0.25) is 11.8 Å². The van der Waals surface area contributed by atoms with E-state index in [2.05, 4.69) is 5.32 Å². The summed E-state index contributed by atoms with van der Waals surface area (Å²) in [6.45, 7) is 8.23. The highest BCUT2D eigenvalue weighted by molar-refractivity contribution is 5.88. The molecule has 0 aliphatic heterocycles. The van der Waals surface area contributed by atoms with Crippen molar-refractivity contribution in [3.05, 3.63) is 71.3 Å². The lowest BCUT2D eigenvalue weighted by atomic mass is 10.1. The molecular formula is C23H30N2O2. The van der Waals surface area contributed by atoms with Crippen molar-refractivity contribution >= 4 is 11.8 Å². The summed E-state index contributed by atoms with van der Waals surface area (Å²) in [5, 5.41) is 2.99. The Labute approximate surface area is 162 Å². The van der Waals surface area contributed by atoms with Crippen LogP contribution in [0.2, 0.25) is 0 Å². The zero-order chi connectivity index (χ0) is 19.8. The van der Waals surface area contributed by atoms with Gasteiger partial charge in [0.1, 0.15) is 6.04 Å². The highest BCUT2D eigenvalue weighted by atomic mass is 16.2. The predicted molar refractivity (Wildman–Crippen MR) is 109 cm³/mol. The third-order valence-electron chi connectivity index (χ3n) is 4.80. The first-order valence-corrected chi connectivity index (χ1v) is 9.60. The van der Waals surface area contributed by atoms with Gasteiger partial charge in [0.15, 0.2) is 0 Å². The van der Waals surface area contributed by atoms with E-state index in [9.17, 15) is 9.59 Å². The maximum atomic E-state index is 13.1. The summed E-state index contributed by atoms with van der Waals surface area (Å²) < 4.78 is 0. The summed E-state index contributed by atoms with van der Waals surface area (Å²) in [4.78, 5) is 27.4. The molecule has 0 radical (unpaired) electrons. The van der Waals surface area contributed by atoms with Gasteiger partial charge in [-0.05, 0) is 38.3 Å². The molecule has 0 heterocycles. The largest absolute Gasteiger partial charge is 0.352 e. The molecule has 0 saturated heterocycles. The van der Waals surface area contributed by atoms with Crippen LogP contribution in [-0.4, -0.2) is 28.8 Å².